The molecule has 0 bridgehead atoms. The highest BCUT2D eigenvalue weighted by Gasteiger charge is 2.27. The molecule has 18 heavy (non-hydrogen) atoms. The molecule has 1 aromatic rings. The molecule has 0 aliphatic carbocycles. The fraction of sp³-hybridized carbons (Fsp3) is 0.556. The second kappa shape index (κ2) is 5.04. The Labute approximate surface area is 104 Å². The van der Waals surface area contributed by atoms with Crippen LogP contribution >= 0.6 is 0 Å². The zero-order valence-corrected chi connectivity index (χ0v) is 11.0. The molecule has 0 unspecified atom stereocenters. The normalized spacial score (nSPS) is 12.6. The molecule has 0 spiro atoms. The number of aromatic nitrogens is 2. The van der Waals surface area contributed by atoms with E-state index in [4.69, 9.17) is 9.84 Å². The van der Waals surface area contributed by atoms with Crippen LogP contribution in [0.25, 0.3) is 0 Å². The van der Waals surface area contributed by atoms with Crippen LogP contribution in [-0.4, -0.2) is 48.9 Å². The Morgan fingerprint density at radius 1 is 1.61 bits per heavy atom. The molecule has 3 N–H and O–H groups in total. The fourth-order valence-corrected chi connectivity index (χ4v) is 2.33. The molecule has 0 atom stereocenters. The first-order chi connectivity index (χ1) is 8.19. The summed E-state index contributed by atoms with van der Waals surface area (Å²) in [5.74, 6) is -1.37. The van der Waals surface area contributed by atoms with Crippen molar-refractivity contribution in [2.24, 2.45) is 0 Å². The topological polar surface area (TPSA) is 121 Å². The highest BCUT2D eigenvalue weighted by Crippen LogP contribution is 2.13. The number of carbonyl (C=O) groups is 1. The van der Waals surface area contributed by atoms with Crippen LogP contribution in [0.3, 0.4) is 0 Å². The number of hydrogen-bond acceptors (Lipinski definition) is 5. The van der Waals surface area contributed by atoms with Gasteiger partial charge in [0.2, 0.25) is 0 Å². The van der Waals surface area contributed by atoms with E-state index in [1.807, 2.05) is 0 Å². The molecule has 9 heteroatoms. The molecule has 102 valence electrons. The fourth-order valence-electron chi connectivity index (χ4n) is 1.04. The van der Waals surface area contributed by atoms with Gasteiger partial charge in [0.25, 0.3) is 10.0 Å². The average molecular weight is 277 g/mol. The number of aromatic amines is 1. The second-order valence-corrected chi connectivity index (χ2v) is 5.91. The summed E-state index contributed by atoms with van der Waals surface area (Å²) in [4.78, 5) is 10.8. The smallest absolute Gasteiger partial charge is 0.340 e. The maximum absolute atomic E-state index is 11.9. The highest BCUT2D eigenvalue weighted by atomic mass is 32.2. The Balaban J connectivity index is 2.94. The highest BCUT2D eigenvalue weighted by molar-refractivity contribution is 7.89. The summed E-state index contributed by atoms with van der Waals surface area (Å²) in [5, 5.41) is 13.9. The number of ether oxygens (including phenoxy) is 1. The quantitative estimate of drug-likeness (QED) is 0.662. The van der Waals surface area contributed by atoms with Gasteiger partial charge in [0.05, 0.1) is 11.8 Å². The van der Waals surface area contributed by atoms with E-state index >= 15 is 0 Å². The summed E-state index contributed by atoms with van der Waals surface area (Å²) in [6.45, 7) is 3.39. The van der Waals surface area contributed by atoms with Crippen LogP contribution < -0.4 is 4.72 Å². The van der Waals surface area contributed by atoms with Gasteiger partial charge in [-0.3, -0.25) is 5.10 Å². The number of sulfonamides is 1. The third-order valence-corrected chi connectivity index (χ3v) is 3.72. The zero-order valence-electron chi connectivity index (χ0n) is 10.2. The minimum atomic E-state index is -3.96. The zero-order chi connectivity index (χ0) is 14.0. The summed E-state index contributed by atoms with van der Waals surface area (Å²) in [6, 6.07) is 0. The number of hydrogen-bond donors (Lipinski definition) is 3. The predicted octanol–water partition coefficient (Wildman–Crippen LogP) is -0.189. The van der Waals surface area contributed by atoms with Crippen LogP contribution in [0.1, 0.15) is 24.2 Å². The Kier molecular flexibility index (Phi) is 4.09. The van der Waals surface area contributed by atoms with E-state index in [-0.39, 0.29) is 6.54 Å². The number of aromatic carboxylic acids is 1. The number of carboxylic acids is 1. The van der Waals surface area contributed by atoms with Gasteiger partial charge in [-0.15, -0.1) is 0 Å². The van der Waals surface area contributed by atoms with E-state index in [1.54, 1.807) is 13.8 Å². The molecule has 0 aliphatic heterocycles. The van der Waals surface area contributed by atoms with Crippen molar-refractivity contribution < 1.29 is 23.1 Å². The maximum Gasteiger partial charge on any atom is 0.340 e. The van der Waals surface area contributed by atoms with E-state index in [2.05, 4.69) is 14.9 Å². The van der Waals surface area contributed by atoms with E-state index in [1.165, 1.54) is 7.11 Å². The van der Waals surface area contributed by atoms with Gasteiger partial charge in [0, 0.05) is 13.7 Å². The van der Waals surface area contributed by atoms with Crippen molar-refractivity contribution >= 4 is 16.0 Å². The molecule has 0 aromatic carbocycles. The molecule has 0 radical (unpaired) electrons. The standard InChI is InChI=1S/C9H15N3O5S/c1-9(2,17-3)5-11-18(15,16)7-6(8(13)14)4-10-12-7/h4,11H,5H2,1-3H3,(H,10,12)(H,13,14). The van der Waals surface area contributed by atoms with Crippen LogP contribution in [0.2, 0.25) is 0 Å². The predicted molar refractivity (Wildman–Crippen MR) is 61.8 cm³/mol. The molecule has 0 saturated carbocycles. The van der Waals surface area contributed by atoms with Crippen LogP contribution in [0, 0.1) is 0 Å². The van der Waals surface area contributed by atoms with Crippen LogP contribution in [0.4, 0.5) is 0 Å². The molecular formula is C9H15N3O5S. The number of H-pyrrole nitrogens is 1. The summed E-state index contributed by atoms with van der Waals surface area (Å²) < 4.78 is 31.1. The van der Waals surface area contributed by atoms with Crippen molar-refractivity contribution in [1.29, 1.82) is 0 Å². The molecule has 1 rings (SSSR count). The van der Waals surface area contributed by atoms with Gasteiger partial charge in [-0.2, -0.15) is 5.10 Å². The third-order valence-electron chi connectivity index (χ3n) is 2.34. The van der Waals surface area contributed by atoms with Crippen molar-refractivity contribution in [3.05, 3.63) is 11.8 Å². The first kappa shape index (κ1) is 14.6. The van der Waals surface area contributed by atoms with Gasteiger partial charge in [-0.05, 0) is 13.8 Å². The average Bonchev–Trinajstić information content (AvgIpc) is 2.76. The number of nitrogens with one attached hydrogen (secondary N) is 2. The summed E-state index contributed by atoms with van der Waals surface area (Å²) in [6.07, 6.45) is 0.943. The Morgan fingerprint density at radius 2 is 2.22 bits per heavy atom. The largest absolute Gasteiger partial charge is 0.478 e. The van der Waals surface area contributed by atoms with Gasteiger partial charge >= 0.3 is 5.97 Å². The lowest BCUT2D eigenvalue weighted by molar-refractivity contribution is 0.0276. The third kappa shape index (κ3) is 3.28. The van der Waals surface area contributed by atoms with Gasteiger partial charge in [-0.1, -0.05) is 0 Å². The van der Waals surface area contributed by atoms with Gasteiger partial charge < -0.3 is 9.84 Å². The van der Waals surface area contributed by atoms with Crippen molar-refractivity contribution in [3.8, 4) is 0 Å². The Morgan fingerprint density at radius 3 is 2.72 bits per heavy atom. The van der Waals surface area contributed by atoms with Crippen molar-refractivity contribution in [1.82, 2.24) is 14.9 Å². The van der Waals surface area contributed by atoms with Crippen molar-refractivity contribution in [3.63, 3.8) is 0 Å². The van der Waals surface area contributed by atoms with Crippen LogP contribution in [0.15, 0.2) is 11.2 Å². The van der Waals surface area contributed by atoms with Crippen molar-refractivity contribution in [2.45, 2.75) is 24.5 Å². The van der Waals surface area contributed by atoms with E-state index in [0.717, 1.165) is 6.20 Å². The van der Waals surface area contributed by atoms with E-state index in [0.29, 0.717) is 0 Å². The summed E-state index contributed by atoms with van der Waals surface area (Å²) in [7, 11) is -2.51. The monoisotopic (exact) mass is 277 g/mol. The lowest BCUT2D eigenvalue weighted by Crippen LogP contribution is -2.40. The number of carboxylic acid groups (broad SMARTS) is 1. The number of rotatable bonds is 6. The van der Waals surface area contributed by atoms with Crippen LogP contribution in [0.5, 0.6) is 0 Å². The molecule has 0 aliphatic rings. The molecule has 1 heterocycles. The molecule has 0 fully saturated rings. The number of nitrogens with zero attached hydrogens (tertiary/aromatic N) is 1. The SMILES string of the molecule is COC(C)(C)CNS(=O)(=O)c1[nH]ncc1C(=O)O. The van der Waals surface area contributed by atoms with Gasteiger partial charge in [0.15, 0.2) is 5.03 Å². The van der Waals surface area contributed by atoms with E-state index < -0.39 is 32.2 Å². The van der Waals surface area contributed by atoms with Gasteiger partial charge in [-0.25, -0.2) is 17.9 Å². The maximum atomic E-state index is 11.9. The first-order valence-electron chi connectivity index (χ1n) is 5.01. The van der Waals surface area contributed by atoms with Crippen molar-refractivity contribution in [2.75, 3.05) is 13.7 Å². The minimum Gasteiger partial charge on any atom is -0.478 e. The molecule has 8 nitrogen and oxygen atoms in total. The molecule has 0 amide bonds. The first-order valence-corrected chi connectivity index (χ1v) is 6.49. The lowest BCUT2D eigenvalue weighted by Gasteiger charge is -2.22. The van der Waals surface area contributed by atoms with Crippen LogP contribution in [-0.2, 0) is 14.8 Å². The summed E-state index contributed by atoms with van der Waals surface area (Å²) >= 11 is 0. The Bertz CT molecular complexity index is 534. The Hall–Kier alpha value is -1.45. The van der Waals surface area contributed by atoms with Gasteiger partial charge in [0.1, 0.15) is 5.56 Å². The number of methoxy groups -OCH3 is 1. The van der Waals surface area contributed by atoms with E-state index in [9.17, 15) is 13.2 Å². The second-order valence-electron chi connectivity index (χ2n) is 4.21. The molecule has 0 saturated heterocycles. The molecule has 1 aromatic heterocycles. The lowest BCUT2D eigenvalue weighted by atomic mass is 10.1. The summed E-state index contributed by atoms with van der Waals surface area (Å²) in [5.41, 5.74) is -1.10. The molecular weight excluding hydrogens is 262 g/mol. The minimum absolute atomic E-state index is 0.00388.